The van der Waals surface area contributed by atoms with Crippen LogP contribution >= 0.6 is 11.3 Å². The summed E-state index contributed by atoms with van der Waals surface area (Å²) < 4.78 is 0. The topological polar surface area (TPSA) is 64.1 Å². The summed E-state index contributed by atoms with van der Waals surface area (Å²) in [5.74, 6) is -0.999. The van der Waals surface area contributed by atoms with Gasteiger partial charge < -0.3 is 14.9 Å². The molecule has 2 aliphatic rings. The fourth-order valence-electron chi connectivity index (χ4n) is 3.37. The van der Waals surface area contributed by atoms with E-state index in [9.17, 15) is 14.7 Å². The molecule has 2 saturated heterocycles. The first-order valence-electron chi connectivity index (χ1n) is 7.51. The van der Waals surface area contributed by atoms with Crippen molar-refractivity contribution in [3.63, 3.8) is 0 Å². The number of fused-ring (bicyclic) bond motifs is 1. The van der Waals surface area contributed by atoms with Crippen molar-refractivity contribution >= 4 is 23.2 Å². The number of hydrogen-bond acceptors (Lipinski definition) is 5. The Labute approximate surface area is 133 Å². The molecule has 3 rings (SSSR count). The van der Waals surface area contributed by atoms with Crippen molar-refractivity contribution in [1.29, 1.82) is 0 Å². The van der Waals surface area contributed by atoms with E-state index in [1.165, 1.54) is 11.3 Å². The highest BCUT2D eigenvalue weighted by Gasteiger charge is 2.36. The number of rotatable bonds is 2. The average molecular weight is 323 g/mol. The van der Waals surface area contributed by atoms with E-state index < -0.39 is 5.97 Å². The molecule has 1 N–H and O–H groups in total. The van der Waals surface area contributed by atoms with Crippen molar-refractivity contribution in [2.75, 3.05) is 46.3 Å². The number of aliphatic carboxylic acids is 1. The summed E-state index contributed by atoms with van der Waals surface area (Å²) >= 11 is 1.53. The standard InChI is InChI=1S/C15H21N3O3S/c1-16-6-12(15(20)21)7-17-3-4-18(9-13(17)8-16)14(19)11-2-5-22-10-11/h2,5,10,12-13H,3-4,6-9H2,1H3,(H,20,21). The van der Waals surface area contributed by atoms with Gasteiger partial charge in [-0.2, -0.15) is 11.3 Å². The Morgan fingerprint density at radius 2 is 2.05 bits per heavy atom. The van der Waals surface area contributed by atoms with Crippen LogP contribution in [0.15, 0.2) is 16.8 Å². The second kappa shape index (κ2) is 6.36. The molecule has 1 aromatic heterocycles. The molecule has 0 bridgehead atoms. The molecule has 1 amide bonds. The summed E-state index contributed by atoms with van der Waals surface area (Å²) in [7, 11) is 1.96. The summed E-state index contributed by atoms with van der Waals surface area (Å²) in [6.45, 7) is 4.04. The van der Waals surface area contributed by atoms with Crippen LogP contribution in [0.4, 0.5) is 0 Å². The zero-order chi connectivity index (χ0) is 15.7. The lowest BCUT2D eigenvalue weighted by atomic mass is 10.1. The molecule has 0 aliphatic carbocycles. The van der Waals surface area contributed by atoms with Gasteiger partial charge in [-0.15, -0.1) is 0 Å². The predicted molar refractivity (Wildman–Crippen MR) is 84.2 cm³/mol. The zero-order valence-electron chi connectivity index (χ0n) is 12.6. The molecule has 2 atom stereocenters. The Balaban J connectivity index is 1.70. The van der Waals surface area contributed by atoms with Gasteiger partial charge >= 0.3 is 5.97 Å². The third kappa shape index (κ3) is 3.16. The average Bonchev–Trinajstić information content (AvgIpc) is 2.95. The first kappa shape index (κ1) is 15.5. The van der Waals surface area contributed by atoms with Gasteiger partial charge in [-0.1, -0.05) is 0 Å². The number of carboxylic acids is 1. The number of amides is 1. The highest BCUT2D eigenvalue weighted by atomic mass is 32.1. The van der Waals surface area contributed by atoms with Crippen LogP contribution in [-0.4, -0.2) is 84.0 Å². The van der Waals surface area contributed by atoms with Gasteiger partial charge in [0.05, 0.1) is 11.5 Å². The minimum Gasteiger partial charge on any atom is -0.481 e. The zero-order valence-corrected chi connectivity index (χ0v) is 13.5. The van der Waals surface area contributed by atoms with Gasteiger partial charge in [-0.25, -0.2) is 0 Å². The number of nitrogens with zero attached hydrogens (tertiary/aromatic N) is 3. The van der Waals surface area contributed by atoms with Crippen molar-refractivity contribution in [3.05, 3.63) is 22.4 Å². The lowest BCUT2D eigenvalue weighted by Gasteiger charge is -2.41. The van der Waals surface area contributed by atoms with Crippen LogP contribution in [0.1, 0.15) is 10.4 Å². The van der Waals surface area contributed by atoms with Crippen molar-refractivity contribution in [1.82, 2.24) is 14.7 Å². The summed E-state index contributed by atoms with van der Waals surface area (Å²) in [5, 5.41) is 13.1. The van der Waals surface area contributed by atoms with E-state index in [0.29, 0.717) is 26.2 Å². The SMILES string of the molecule is CN1CC(C(=O)O)CN2CCN(C(=O)c3ccsc3)CC2C1. The molecule has 1 aromatic rings. The summed E-state index contributed by atoms with van der Waals surface area (Å²) in [4.78, 5) is 30.0. The Morgan fingerprint density at radius 1 is 1.23 bits per heavy atom. The molecule has 2 fully saturated rings. The normalized spacial score (nSPS) is 27.2. The van der Waals surface area contributed by atoms with Gasteiger partial charge in [0.25, 0.3) is 5.91 Å². The number of thiophene rings is 1. The second-order valence-corrected chi connectivity index (χ2v) is 6.95. The Morgan fingerprint density at radius 3 is 2.73 bits per heavy atom. The maximum Gasteiger partial charge on any atom is 0.309 e. The van der Waals surface area contributed by atoms with Gasteiger partial charge in [0.1, 0.15) is 0 Å². The molecule has 2 aliphatic heterocycles. The monoisotopic (exact) mass is 323 g/mol. The second-order valence-electron chi connectivity index (χ2n) is 6.17. The van der Waals surface area contributed by atoms with Crippen LogP contribution in [0.25, 0.3) is 0 Å². The van der Waals surface area contributed by atoms with Gasteiger partial charge in [-0.05, 0) is 18.5 Å². The third-order valence-corrected chi connectivity index (χ3v) is 5.20. The van der Waals surface area contributed by atoms with Gasteiger partial charge in [-0.3, -0.25) is 14.5 Å². The Hall–Kier alpha value is -1.44. The number of hydrogen-bond donors (Lipinski definition) is 1. The molecule has 3 heterocycles. The molecule has 0 radical (unpaired) electrons. The lowest BCUT2D eigenvalue weighted by molar-refractivity contribution is -0.142. The van der Waals surface area contributed by atoms with E-state index in [-0.39, 0.29) is 17.9 Å². The maximum absolute atomic E-state index is 12.5. The van der Waals surface area contributed by atoms with Gasteiger partial charge in [0.2, 0.25) is 0 Å². The van der Waals surface area contributed by atoms with E-state index in [1.54, 1.807) is 0 Å². The molecule has 2 unspecified atom stereocenters. The molecule has 22 heavy (non-hydrogen) atoms. The van der Waals surface area contributed by atoms with E-state index in [4.69, 9.17) is 0 Å². The van der Waals surface area contributed by atoms with Crippen molar-refractivity contribution in [2.45, 2.75) is 6.04 Å². The number of carbonyl (C=O) groups excluding carboxylic acids is 1. The van der Waals surface area contributed by atoms with Crippen molar-refractivity contribution < 1.29 is 14.7 Å². The lowest BCUT2D eigenvalue weighted by Crippen LogP contribution is -2.57. The number of carboxylic acid groups (broad SMARTS) is 1. The summed E-state index contributed by atoms with van der Waals surface area (Å²) in [6.07, 6.45) is 0. The van der Waals surface area contributed by atoms with Crippen LogP contribution in [0.3, 0.4) is 0 Å². The fourth-order valence-corrected chi connectivity index (χ4v) is 4.00. The first-order chi connectivity index (χ1) is 10.5. The highest BCUT2D eigenvalue weighted by Crippen LogP contribution is 2.20. The number of likely N-dealkylation sites (N-methyl/N-ethyl adjacent to an activating group) is 1. The number of piperazine rings is 1. The van der Waals surface area contributed by atoms with Crippen molar-refractivity contribution in [3.8, 4) is 0 Å². The third-order valence-electron chi connectivity index (χ3n) is 4.52. The van der Waals surface area contributed by atoms with Crippen LogP contribution in [-0.2, 0) is 4.79 Å². The molecule has 0 aromatic carbocycles. The van der Waals surface area contributed by atoms with E-state index in [1.807, 2.05) is 28.8 Å². The predicted octanol–water partition coefficient (Wildman–Crippen LogP) is 0.521. The minimum atomic E-state index is -0.732. The molecule has 6 nitrogen and oxygen atoms in total. The Kier molecular flexibility index (Phi) is 4.46. The molecule has 0 spiro atoms. The fraction of sp³-hybridized carbons (Fsp3) is 0.600. The largest absolute Gasteiger partial charge is 0.481 e. The maximum atomic E-state index is 12.5. The molecular weight excluding hydrogens is 302 g/mol. The van der Waals surface area contributed by atoms with Gasteiger partial charge in [0, 0.05) is 50.7 Å². The van der Waals surface area contributed by atoms with Crippen LogP contribution in [0, 0.1) is 5.92 Å². The highest BCUT2D eigenvalue weighted by molar-refractivity contribution is 7.08. The van der Waals surface area contributed by atoms with E-state index in [2.05, 4.69) is 9.80 Å². The van der Waals surface area contributed by atoms with Crippen LogP contribution in [0.5, 0.6) is 0 Å². The van der Waals surface area contributed by atoms with Crippen LogP contribution < -0.4 is 0 Å². The minimum absolute atomic E-state index is 0.0857. The smallest absolute Gasteiger partial charge is 0.309 e. The van der Waals surface area contributed by atoms with Gasteiger partial charge in [0.15, 0.2) is 0 Å². The van der Waals surface area contributed by atoms with E-state index in [0.717, 1.165) is 18.7 Å². The first-order valence-corrected chi connectivity index (χ1v) is 8.45. The Bertz CT molecular complexity index is 548. The molecular formula is C15H21N3O3S. The molecule has 0 saturated carbocycles. The molecule has 7 heteroatoms. The number of carbonyl (C=O) groups is 2. The summed E-state index contributed by atoms with van der Waals surface area (Å²) in [6, 6.07) is 2.07. The quantitative estimate of drug-likeness (QED) is 0.860. The van der Waals surface area contributed by atoms with Crippen molar-refractivity contribution in [2.24, 2.45) is 5.92 Å². The van der Waals surface area contributed by atoms with Crippen LogP contribution in [0.2, 0.25) is 0 Å². The summed E-state index contributed by atoms with van der Waals surface area (Å²) in [5.41, 5.74) is 0.754. The molecule has 120 valence electrons. The van der Waals surface area contributed by atoms with E-state index >= 15 is 0 Å².